The number of rotatable bonds is 3. The van der Waals surface area contributed by atoms with Gasteiger partial charge in [-0.3, -0.25) is 9.69 Å². The lowest BCUT2D eigenvalue weighted by Crippen LogP contribution is -2.54. The summed E-state index contributed by atoms with van der Waals surface area (Å²) < 4.78 is 5.43. The third kappa shape index (κ3) is 3.13. The maximum atomic E-state index is 11.8. The molecule has 0 aliphatic carbocycles. The molecule has 1 rings (SSSR count). The van der Waals surface area contributed by atoms with Crippen LogP contribution >= 0.6 is 12.2 Å². The van der Waals surface area contributed by atoms with Gasteiger partial charge in [0.05, 0.1) is 12.6 Å². The summed E-state index contributed by atoms with van der Waals surface area (Å²) in [5.74, 6) is 0.0867. The van der Waals surface area contributed by atoms with Crippen LogP contribution in [-0.4, -0.2) is 66.6 Å². The van der Waals surface area contributed by atoms with Crippen molar-refractivity contribution in [2.45, 2.75) is 19.1 Å². The molecule has 1 amide bonds. The number of likely N-dealkylation sites (N-methyl/N-ethyl adjacent to an activating group) is 1. The predicted molar refractivity (Wildman–Crippen MR) is 66.3 cm³/mol. The van der Waals surface area contributed by atoms with Gasteiger partial charge in [-0.1, -0.05) is 12.2 Å². The molecular weight excluding hydrogens is 226 g/mol. The molecule has 1 aliphatic rings. The largest absolute Gasteiger partial charge is 0.391 e. The minimum absolute atomic E-state index is 0.0867. The number of carbonyl (C=O) groups is 1. The Morgan fingerprint density at radius 2 is 2.25 bits per heavy atom. The SMILES string of the molecule is CC(C(=O)N(C)C)N1CCOC(C(N)=S)C1. The fourth-order valence-electron chi connectivity index (χ4n) is 1.72. The summed E-state index contributed by atoms with van der Waals surface area (Å²) in [5, 5.41) is 0. The van der Waals surface area contributed by atoms with E-state index < -0.39 is 0 Å². The molecule has 1 fully saturated rings. The summed E-state index contributed by atoms with van der Waals surface area (Å²) in [4.78, 5) is 15.8. The van der Waals surface area contributed by atoms with Gasteiger partial charge in [0.15, 0.2) is 0 Å². The molecular formula is C10H19N3O2S. The van der Waals surface area contributed by atoms with E-state index in [1.54, 1.807) is 19.0 Å². The molecule has 16 heavy (non-hydrogen) atoms. The third-order valence-electron chi connectivity index (χ3n) is 2.76. The highest BCUT2D eigenvalue weighted by molar-refractivity contribution is 7.80. The zero-order chi connectivity index (χ0) is 12.3. The Morgan fingerprint density at radius 1 is 1.62 bits per heavy atom. The molecule has 0 radical (unpaired) electrons. The van der Waals surface area contributed by atoms with E-state index in [1.165, 1.54) is 0 Å². The summed E-state index contributed by atoms with van der Waals surface area (Å²) in [6.45, 7) is 3.78. The van der Waals surface area contributed by atoms with E-state index >= 15 is 0 Å². The quantitative estimate of drug-likeness (QED) is 0.676. The number of hydrogen-bond acceptors (Lipinski definition) is 4. The van der Waals surface area contributed by atoms with Crippen molar-refractivity contribution in [3.8, 4) is 0 Å². The van der Waals surface area contributed by atoms with E-state index in [2.05, 4.69) is 4.90 Å². The maximum Gasteiger partial charge on any atom is 0.239 e. The van der Waals surface area contributed by atoms with Gasteiger partial charge in [-0.05, 0) is 6.92 Å². The van der Waals surface area contributed by atoms with Crippen LogP contribution in [0.1, 0.15) is 6.92 Å². The first-order chi connectivity index (χ1) is 7.43. The van der Waals surface area contributed by atoms with Crippen molar-refractivity contribution in [3.63, 3.8) is 0 Å². The molecule has 1 aliphatic heterocycles. The molecule has 2 unspecified atom stereocenters. The van der Waals surface area contributed by atoms with Crippen LogP contribution in [0, 0.1) is 0 Å². The van der Waals surface area contributed by atoms with Gasteiger partial charge in [0.25, 0.3) is 0 Å². The molecule has 0 bridgehead atoms. The van der Waals surface area contributed by atoms with Crippen LogP contribution < -0.4 is 5.73 Å². The van der Waals surface area contributed by atoms with Gasteiger partial charge in [-0.25, -0.2) is 0 Å². The lowest BCUT2D eigenvalue weighted by atomic mass is 10.2. The molecule has 1 heterocycles. The summed E-state index contributed by atoms with van der Waals surface area (Å²) in [5.41, 5.74) is 5.55. The van der Waals surface area contributed by atoms with Gasteiger partial charge < -0.3 is 15.4 Å². The third-order valence-corrected chi connectivity index (χ3v) is 3.02. The van der Waals surface area contributed by atoms with Crippen molar-refractivity contribution >= 4 is 23.1 Å². The number of nitrogens with zero attached hydrogens (tertiary/aromatic N) is 2. The molecule has 5 nitrogen and oxygen atoms in total. The second kappa shape index (κ2) is 5.56. The zero-order valence-electron chi connectivity index (χ0n) is 9.97. The number of nitrogens with two attached hydrogens (primary N) is 1. The number of thiocarbonyl (C=S) groups is 1. The molecule has 0 aromatic carbocycles. The Labute approximate surface area is 102 Å². The molecule has 2 N–H and O–H groups in total. The Hall–Kier alpha value is -0.720. The Balaban J connectivity index is 2.59. The summed E-state index contributed by atoms with van der Waals surface area (Å²) >= 11 is 4.90. The van der Waals surface area contributed by atoms with Gasteiger partial charge in [0.2, 0.25) is 5.91 Å². The summed E-state index contributed by atoms with van der Waals surface area (Å²) in [7, 11) is 3.51. The second-order valence-electron chi connectivity index (χ2n) is 4.17. The molecule has 92 valence electrons. The Bertz CT molecular complexity index is 283. The predicted octanol–water partition coefficient (Wildman–Crippen LogP) is -0.550. The lowest BCUT2D eigenvalue weighted by molar-refractivity contribution is -0.136. The average Bonchev–Trinajstić information content (AvgIpc) is 2.27. The standard InChI is InChI=1S/C10H19N3O2S/c1-7(10(14)12(2)3)13-4-5-15-8(6-13)9(11)16/h7-8H,4-6H2,1-3H3,(H2,11,16). The van der Waals surface area contributed by atoms with Crippen molar-refractivity contribution < 1.29 is 9.53 Å². The van der Waals surface area contributed by atoms with Crippen LogP contribution in [0.5, 0.6) is 0 Å². The minimum atomic E-state index is -0.235. The Kier molecular flexibility index (Phi) is 4.64. The average molecular weight is 245 g/mol. The van der Waals surface area contributed by atoms with E-state index in [-0.39, 0.29) is 18.1 Å². The van der Waals surface area contributed by atoms with Gasteiger partial charge in [-0.15, -0.1) is 0 Å². The second-order valence-corrected chi connectivity index (χ2v) is 4.64. The van der Waals surface area contributed by atoms with Crippen LogP contribution in [0.3, 0.4) is 0 Å². The van der Waals surface area contributed by atoms with E-state index in [0.29, 0.717) is 18.1 Å². The van der Waals surface area contributed by atoms with Crippen molar-refractivity contribution in [1.82, 2.24) is 9.80 Å². The Morgan fingerprint density at radius 3 is 2.75 bits per heavy atom. The van der Waals surface area contributed by atoms with Crippen LogP contribution in [0.2, 0.25) is 0 Å². The fourth-order valence-corrected chi connectivity index (χ4v) is 1.87. The highest BCUT2D eigenvalue weighted by atomic mass is 32.1. The highest BCUT2D eigenvalue weighted by Crippen LogP contribution is 2.10. The molecule has 2 atom stereocenters. The number of morpholine rings is 1. The molecule has 6 heteroatoms. The van der Waals surface area contributed by atoms with Crippen LogP contribution in [0.15, 0.2) is 0 Å². The van der Waals surface area contributed by atoms with Crippen LogP contribution in [0.25, 0.3) is 0 Å². The van der Waals surface area contributed by atoms with Gasteiger partial charge in [0.1, 0.15) is 11.1 Å². The van der Waals surface area contributed by atoms with Crippen LogP contribution in [-0.2, 0) is 9.53 Å². The minimum Gasteiger partial charge on any atom is -0.391 e. The summed E-state index contributed by atoms with van der Waals surface area (Å²) in [6.07, 6.45) is -0.235. The first-order valence-corrected chi connectivity index (χ1v) is 5.70. The summed E-state index contributed by atoms with van der Waals surface area (Å²) in [6, 6.07) is -0.157. The number of amides is 1. The lowest BCUT2D eigenvalue weighted by Gasteiger charge is -2.36. The van der Waals surface area contributed by atoms with Gasteiger partial charge in [-0.2, -0.15) is 0 Å². The van der Waals surface area contributed by atoms with Crippen molar-refractivity contribution in [3.05, 3.63) is 0 Å². The number of carbonyl (C=O) groups excluding carboxylic acids is 1. The maximum absolute atomic E-state index is 11.8. The highest BCUT2D eigenvalue weighted by Gasteiger charge is 2.29. The first-order valence-electron chi connectivity index (χ1n) is 5.29. The molecule has 0 spiro atoms. The normalized spacial score (nSPS) is 23.8. The number of ether oxygens (including phenoxy) is 1. The monoisotopic (exact) mass is 245 g/mol. The zero-order valence-corrected chi connectivity index (χ0v) is 10.8. The van der Waals surface area contributed by atoms with E-state index in [9.17, 15) is 4.79 Å². The molecule has 0 aromatic heterocycles. The number of hydrogen-bond donors (Lipinski definition) is 1. The topological polar surface area (TPSA) is 58.8 Å². The molecule has 0 aromatic rings. The smallest absolute Gasteiger partial charge is 0.239 e. The van der Waals surface area contributed by atoms with Crippen LogP contribution in [0.4, 0.5) is 0 Å². The van der Waals surface area contributed by atoms with Crippen molar-refractivity contribution in [2.75, 3.05) is 33.8 Å². The van der Waals surface area contributed by atoms with Gasteiger partial charge in [0, 0.05) is 27.2 Å². The van der Waals surface area contributed by atoms with Gasteiger partial charge >= 0.3 is 0 Å². The first kappa shape index (κ1) is 13.3. The fraction of sp³-hybridized carbons (Fsp3) is 0.800. The van der Waals surface area contributed by atoms with E-state index in [0.717, 1.165) is 6.54 Å². The van der Waals surface area contributed by atoms with E-state index in [4.69, 9.17) is 22.7 Å². The molecule has 0 saturated carbocycles. The van der Waals surface area contributed by atoms with Crippen molar-refractivity contribution in [1.29, 1.82) is 0 Å². The van der Waals surface area contributed by atoms with E-state index in [1.807, 2.05) is 6.92 Å². The van der Waals surface area contributed by atoms with Crippen molar-refractivity contribution in [2.24, 2.45) is 5.73 Å². The molecule has 1 saturated heterocycles.